The van der Waals surface area contributed by atoms with Crippen LogP contribution in [0.1, 0.15) is 0 Å². The summed E-state index contributed by atoms with van der Waals surface area (Å²) in [6.45, 7) is 0. The topological polar surface area (TPSA) is 29.5 Å². The Balaban J connectivity index is 0.974. The van der Waals surface area contributed by atoms with E-state index in [-0.39, 0.29) is 0 Å². The van der Waals surface area contributed by atoms with Crippen molar-refractivity contribution in [1.29, 1.82) is 0 Å². The normalized spacial score (nSPS) is 11.6. The summed E-state index contributed by atoms with van der Waals surface area (Å²) in [6, 6.07) is 70.9. The van der Waals surface area contributed by atoms with Gasteiger partial charge in [0.1, 0.15) is 11.2 Å². The van der Waals surface area contributed by atoms with Gasteiger partial charge in [-0.15, -0.1) is 0 Å². The molecule has 0 unspecified atom stereocenters. The van der Waals surface area contributed by atoms with E-state index < -0.39 is 0 Å². The van der Waals surface area contributed by atoms with Crippen LogP contribution in [0, 0.1) is 0 Å². The zero-order chi connectivity index (χ0) is 36.3. The molecule has 0 amide bonds. The van der Waals surface area contributed by atoms with Crippen LogP contribution in [-0.2, 0) is 0 Å². The lowest BCUT2D eigenvalue weighted by atomic mass is 9.96. The highest BCUT2D eigenvalue weighted by molar-refractivity contribution is 6.14. The maximum Gasteiger partial charge on any atom is 0.159 e. The Morgan fingerprint density at radius 1 is 0.291 bits per heavy atom. The zero-order valence-corrected chi connectivity index (χ0v) is 29.8. The molecule has 0 aliphatic carbocycles. The molecule has 3 nitrogen and oxygen atoms in total. The van der Waals surface area contributed by atoms with Crippen molar-refractivity contribution in [3.05, 3.63) is 200 Å². The van der Waals surface area contributed by atoms with E-state index in [1.54, 1.807) is 0 Å². The molecule has 0 spiro atoms. The molecule has 0 aliphatic heterocycles. The lowest BCUT2D eigenvalue weighted by Gasteiger charge is -2.25. The smallest absolute Gasteiger partial charge is 0.159 e. The number of furan rings is 2. The molecular formula is C52H33NO2. The first-order valence-corrected chi connectivity index (χ1v) is 18.7. The minimum atomic E-state index is 0.834. The van der Waals surface area contributed by atoms with Crippen molar-refractivity contribution in [3.8, 4) is 33.4 Å². The third-order valence-corrected chi connectivity index (χ3v) is 10.9. The van der Waals surface area contributed by atoms with E-state index in [0.717, 1.165) is 72.1 Å². The molecule has 11 rings (SSSR count). The monoisotopic (exact) mass is 703 g/mol. The average molecular weight is 704 g/mol. The van der Waals surface area contributed by atoms with Gasteiger partial charge in [-0.25, -0.2) is 0 Å². The lowest BCUT2D eigenvalue weighted by molar-refractivity contribution is 0.666. The van der Waals surface area contributed by atoms with Gasteiger partial charge in [-0.2, -0.15) is 0 Å². The Labute approximate surface area is 317 Å². The highest BCUT2D eigenvalue weighted by Crippen LogP contribution is 2.46. The molecule has 258 valence electrons. The summed E-state index contributed by atoms with van der Waals surface area (Å²) in [5.41, 5.74) is 13.4. The molecular weight excluding hydrogens is 671 g/mol. The molecule has 0 fully saturated rings. The van der Waals surface area contributed by atoms with E-state index in [1.807, 2.05) is 24.3 Å². The Kier molecular flexibility index (Phi) is 7.17. The van der Waals surface area contributed by atoms with Gasteiger partial charge in [0.2, 0.25) is 0 Å². The minimum absolute atomic E-state index is 0.834. The molecule has 0 N–H and O–H groups in total. The van der Waals surface area contributed by atoms with Crippen LogP contribution in [0.5, 0.6) is 0 Å². The molecule has 0 radical (unpaired) electrons. The van der Waals surface area contributed by atoms with E-state index in [1.165, 1.54) is 33.0 Å². The second kappa shape index (κ2) is 12.6. The van der Waals surface area contributed by atoms with Crippen molar-refractivity contribution < 1.29 is 8.83 Å². The molecule has 3 heteroatoms. The first-order valence-electron chi connectivity index (χ1n) is 18.7. The molecule has 11 aromatic rings. The largest absolute Gasteiger partial charge is 0.454 e. The lowest BCUT2D eigenvalue weighted by Crippen LogP contribution is -2.10. The summed E-state index contributed by atoms with van der Waals surface area (Å²) in [5.74, 6) is 0. The number of hydrogen-bond acceptors (Lipinski definition) is 3. The molecule has 9 aromatic carbocycles. The Hall–Kier alpha value is -7.36. The Morgan fingerprint density at radius 3 is 1.35 bits per heavy atom. The fourth-order valence-electron chi connectivity index (χ4n) is 8.13. The van der Waals surface area contributed by atoms with Gasteiger partial charge in [0, 0.05) is 27.2 Å². The van der Waals surface area contributed by atoms with Crippen molar-refractivity contribution in [3.63, 3.8) is 0 Å². The van der Waals surface area contributed by atoms with Gasteiger partial charge in [0.15, 0.2) is 11.2 Å². The van der Waals surface area contributed by atoms with Gasteiger partial charge in [0.25, 0.3) is 0 Å². The van der Waals surface area contributed by atoms with Crippen molar-refractivity contribution in [1.82, 2.24) is 0 Å². The van der Waals surface area contributed by atoms with Crippen molar-refractivity contribution in [2.45, 2.75) is 0 Å². The predicted molar refractivity (Wildman–Crippen MR) is 229 cm³/mol. The Bertz CT molecular complexity index is 3090. The third kappa shape index (κ3) is 5.28. The second-order valence-corrected chi connectivity index (χ2v) is 14.1. The van der Waals surface area contributed by atoms with Crippen LogP contribution in [0.3, 0.4) is 0 Å². The number of para-hydroxylation sites is 4. The van der Waals surface area contributed by atoms with Crippen molar-refractivity contribution in [2.24, 2.45) is 0 Å². The number of hydrogen-bond donors (Lipinski definition) is 0. The summed E-state index contributed by atoms with van der Waals surface area (Å²) in [6.07, 6.45) is 0. The van der Waals surface area contributed by atoms with E-state index in [2.05, 4.69) is 181 Å². The van der Waals surface area contributed by atoms with Crippen LogP contribution in [0.2, 0.25) is 0 Å². The second-order valence-electron chi connectivity index (χ2n) is 14.1. The maximum atomic E-state index is 6.60. The molecule has 0 aliphatic rings. The van der Waals surface area contributed by atoms with E-state index >= 15 is 0 Å². The molecule has 0 atom stereocenters. The fourth-order valence-corrected chi connectivity index (χ4v) is 8.13. The first-order chi connectivity index (χ1) is 27.2. The van der Waals surface area contributed by atoms with Gasteiger partial charge >= 0.3 is 0 Å². The molecule has 55 heavy (non-hydrogen) atoms. The first kappa shape index (κ1) is 31.2. The fraction of sp³-hybridized carbons (Fsp3) is 0. The molecule has 2 aromatic heterocycles. The third-order valence-electron chi connectivity index (χ3n) is 10.9. The standard InChI is InChI=1S/C52H33NO2/c1-2-11-38-33-41(27-26-34(38)10-1)40-13-7-12-39(32-40)37-24-22-35(23-25-37)36-28-30-42(31-29-36)53(47-18-8-16-45-43-14-3-5-20-49(43)54-51(45)47)48-19-9-17-46-44-15-4-6-21-50(44)55-52(46)48/h1-33H. The van der Waals surface area contributed by atoms with Crippen molar-refractivity contribution >= 4 is 71.7 Å². The van der Waals surface area contributed by atoms with E-state index in [4.69, 9.17) is 8.83 Å². The van der Waals surface area contributed by atoms with E-state index in [0.29, 0.717) is 0 Å². The Morgan fingerprint density at radius 2 is 0.727 bits per heavy atom. The summed E-state index contributed by atoms with van der Waals surface area (Å²) >= 11 is 0. The van der Waals surface area contributed by atoms with Gasteiger partial charge < -0.3 is 13.7 Å². The number of nitrogens with zero attached hydrogens (tertiary/aromatic N) is 1. The zero-order valence-electron chi connectivity index (χ0n) is 29.8. The summed E-state index contributed by atoms with van der Waals surface area (Å²) in [4.78, 5) is 2.27. The molecule has 2 heterocycles. The van der Waals surface area contributed by atoms with Gasteiger partial charge in [-0.1, -0.05) is 152 Å². The highest BCUT2D eigenvalue weighted by Gasteiger charge is 2.23. The number of benzene rings is 9. The van der Waals surface area contributed by atoms with Gasteiger partial charge in [0.05, 0.1) is 11.4 Å². The SMILES string of the molecule is c1cc(-c2ccc(-c3ccc(N(c4cccc5c4oc4ccccc45)c4cccc5c4oc4ccccc45)cc3)cc2)cc(-c2ccc3ccccc3c2)c1. The quantitative estimate of drug-likeness (QED) is 0.173. The predicted octanol–water partition coefficient (Wildman–Crippen LogP) is 15.1. The van der Waals surface area contributed by atoms with Crippen LogP contribution in [0.15, 0.2) is 209 Å². The summed E-state index contributed by atoms with van der Waals surface area (Å²) in [7, 11) is 0. The minimum Gasteiger partial charge on any atom is -0.454 e. The molecule has 0 saturated carbocycles. The number of fused-ring (bicyclic) bond motifs is 7. The number of rotatable bonds is 6. The summed E-state index contributed by atoms with van der Waals surface area (Å²) in [5, 5.41) is 6.86. The molecule has 0 bridgehead atoms. The van der Waals surface area contributed by atoms with Gasteiger partial charge in [-0.3, -0.25) is 0 Å². The van der Waals surface area contributed by atoms with Crippen LogP contribution < -0.4 is 4.90 Å². The van der Waals surface area contributed by atoms with Crippen molar-refractivity contribution in [2.75, 3.05) is 4.90 Å². The average Bonchev–Trinajstić information content (AvgIpc) is 3.84. The highest BCUT2D eigenvalue weighted by atomic mass is 16.3. The number of anilines is 3. The van der Waals surface area contributed by atoms with Gasteiger partial charge in [-0.05, 0) is 92.7 Å². The van der Waals surface area contributed by atoms with Crippen LogP contribution in [0.4, 0.5) is 17.1 Å². The summed E-state index contributed by atoms with van der Waals surface area (Å²) < 4.78 is 13.2. The van der Waals surface area contributed by atoms with Crippen LogP contribution in [-0.4, -0.2) is 0 Å². The van der Waals surface area contributed by atoms with Crippen LogP contribution in [0.25, 0.3) is 88.0 Å². The van der Waals surface area contributed by atoms with Crippen LogP contribution >= 0.6 is 0 Å². The maximum absolute atomic E-state index is 6.60. The van der Waals surface area contributed by atoms with E-state index in [9.17, 15) is 0 Å². The molecule has 0 saturated heterocycles.